The number of amides is 1. The van der Waals surface area contributed by atoms with Crippen LogP contribution in [0.2, 0.25) is 0 Å². The number of primary amides is 1. The zero-order valence-electron chi connectivity index (χ0n) is 10.9. The molecule has 0 saturated carbocycles. The lowest BCUT2D eigenvalue weighted by Gasteiger charge is -2.33. The first-order valence-electron chi connectivity index (χ1n) is 6.09. The summed E-state index contributed by atoms with van der Waals surface area (Å²) in [6, 6.07) is 9.92. The van der Waals surface area contributed by atoms with Crippen molar-refractivity contribution in [1.82, 2.24) is 0 Å². The quantitative estimate of drug-likeness (QED) is 0.813. The Kier molecular flexibility index (Phi) is 5.16. The number of rotatable bonds is 6. The van der Waals surface area contributed by atoms with Crippen molar-refractivity contribution in [2.45, 2.75) is 32.3 Å². The highest BCUT2D eigenvalue weighted by Crippen LogP contribution is 2.28. The monoisotopic (exact) mass is 251 g/mol. The average molecular weight is 251 g/mol. The van der Waals surface area contributed by atoms with Crippen molar-refractivity contribution in [1.29, 1.82) is 0 Å². The van der Waals surface area contributed by atoms with E-state index >= 15 is 0 Å². The Morgan fingerprint density at radius 1 is 1.39 bits per heavy atom. The summed E-state index contributed by atoms with van der Waals surface area (Å²) in [7, 11) is 0. The van der Waals surface area contributed by atoms with Crippen molar-refractivity contribution in [3.63, 3.8) is 0 Å². The van der Waals surface area contributed by atoms with Crippen molar-refractivity contribution in [2.75, 3.05) is 6.61 Å². The summed E-state index contributed by atoms with van der Waals surface area (Å²) in [5, 5.41) is 9.14. The predicted molar refractivity (Wildman–Crippen MR) is 70.1 cm³/mol. The van der Waals surface area contributed by atoms with Crippen LogP contribution in [-0.4, -0.2) is 23.4 Å². The maximum absolute atomic E-state index is 10.9. The van der Waals surface area contributed by atoms with Gasteiger partial charge in [0.1, 0.15) is 5.60 Å². The lowest BCUT2D eigenvalue weighted by atomic mass is 9.83. The second-order valence-corrected chi connectivity index (χ2v) is 4.92. The molecule has 1 aromatic carbocycles. The summed E-state index contributed by atoms with van der Waals surface area (Å²) < 4.78 is 5.15. The third-order valence-corrected chi connectivity index (χ3v) is 3.15. The molecule has 3 N–H and O–H groups in total. The Morgan fingerprint density at radius 3 is 2.50 bits per heavy atom. The largest absolute Gasteiger partial charge is 0.443 e. The highest BCUT2D eigenvalue weighted by molar-refractivity contribution is 5.65. The molecule has 100 valence electrons. The summed E-state index contributed by atoms with van der Waals surface area (Å²) in [6.45, 7) is 3.70. The number of benzene rings is 1. The molecule has 1 rings (SSSR count). The van der Waals surface area contributed by atoms with E-state index < -0.39 is 11.7 Å². The van der Waals surface area contributed by atoms with Gasteiger partial charge in [0.25, 0.3) is 0 Å². The number of nitrogens with two attached hydrogens (primary N) is 1. The van der Waals surface area contributed by atoms with Gasteiger partial charge in [-0.05, 0) is 32.3 Å². The molecule has 0 heterocycles. The van der Waals surface area contributed by atoms with E-state index in [1.165, 1.54) is 0 Å². The molecule has 4 heteroatoms. The van der Waals surface area contributed by atoms with Crippen LogP contribution in [0.4, 0.5) is 4.79 Å². The number of aliphatic hydroxyl groups is 1. The minimum atomic E-state index is -0.781. The van der Waals surface area contributed by atoms with Gasteiger partial charge >= 0.3 is 6.09 Å². The van der Waals surface area contributed by atoms with Gasteiger partial charge in [0.05, 0.1) is 0 Å². The second-order valence-electron chi connectivity index (χ2n) is 4.92. The van der Waals surface area contributed by atoms with Crippen molar-refractivity contribution in [3.05, 3.63) is 35.9 Å². The molecule has 1 unspecified atom stereocenters. The fraction of sp³-hybridized carbons (Fsp3) is 0.500. The van der Waals surface area contributed by atoms with E-state index in [-0.39, 0.29) is 12.5 Å². The van der Waals surface area contributed by atoms with E-state index in [9.17, 15) is 4.79 Å². The van der Waals surface area contributed by atoms with Crippen LogP contribution in [0.3, 0.4) is 0 Å². The molecule has 1 aromatic rings. The molecule has 4 nitrogen and oxygen atoms in total. The van der Waals surface area contributed by atoms with Gasteiger partial charge in [0, 0.05) is 12.5 Å². The van der Waals surface area contributed by atoms with Gasteiger partial charge in [-0.25, -0.2) is 4.79 Å². The number of hydrogen-bond acceptors (Lipinski definition) is 3. The number of carbonyl (C=O) groups excluding carboxylic acids is 1. The standard InChI is InChI=1S/C14H21NO3/c1-14(2,18-13(15)17)12(8-9-16)10-11-6-4-3-5-7-11/h3-7,12,16H,8-10H2,1-2H3,(H2,15,17). The molecule has 0 saturated heterocycles. The van der Waals surface area contributed by atoms with E-state index in [1.807, 2.05) is 44.2 Å². The zero-order valence-corrected chi connectivity index (χ0v) is 10.9. The van der Waals surface area contributed by atoms with Gasteiger partial charge in [-0.15, -0.1) is 0 Å². The maximum atomic E-state index is 10.9. The van der Waals surface area contributed by atoms with Gasteiger partial charge in [-0.1, -0.05) is 30.3 Å². The second kappa shape index (κ2) is 6.40. The molecular formula is C14H21NO3. The van der Waals surface area contributed by atoms with Crippen LogP contribution < -0.4 is 5.73 Å². The summed E-state index contributed by atoms with van der Waals surface area (Å²) in [4.78, 5) is 10.9. The zero-order chi connectivity index (χ0) is 13.6. The molecule has 0 aliphatic carbocycles. The molecular weight excluding hydrogens is 230 g/mol. The molecule has 18 heavy (non-hydrogen) atoms. The van der Waals surface area contributed by atoms with Crippen LogP contribution in [0.1, 0.15) is 25.8 Å². The van der Waals surface area contributed by atoms with E-state index in [2.05, 4.69) is 0 Å². The van der Waals surface area contributed by atoms with Crippen molar-refractivity contribution >= 4 is 6.09 Å². The van der Waals surface area contributed by atoms with E-state index in [4.69, 9.17) is 15.6 Å². The van der Waals surface area contributed by atoms with Gasteiger partial charge in [-0.3, -0.25) is 0 Å². The van der Waals surface area contributed by atoms with Crippen LogP contribution in [0.5, 0.6) is 0 Å². The van der Waals surface area contributed by atoms with Crippen LogP contribution in [0.25, 0.3) is 0 Å². The fourth-order valence-corrected chi connectivity index (χ4v) is 2.09. The number of aliphatic hydroxyl groups excluding tert-OH is 1. The Morgan fingerprint density at radius 2 is 2.00 bits per heavy atom. The van der Waals surface area contributed by atoms with Gasteiger partial charge in [0.2, 0.25) is 0 Å². The highest BCUT2D eigenvalue weighted by Gasteiger charge is 2.32. The first-order valence-corrected chi connectivity index (χ1v) is 6.09. The molecule has 0 bridgehead atoms. The molecule has 0 fully saturated rings. The summed E-state index contributed by atoms with van der Waals surface area (Å²) >= 11 is 0. The third-order valence-electron chi connectivity index (χ3n) is 3.15. The van der Waals surface area contributed by atoms with Gasteiger partial charge < -0.3 is 15.6 Å². The summed E-state index contributed by atoms with van der Waals surface area (Å²) in [5.41, 5.74) is 5.54. The van der Waals surface area contributed by atoms with Crippen LogP contribution in [0.15, 0.2) is 30.3 Å². The SMILES string of the molecule is CC(C)(OC(N)=O)C(CCO)Cc1ccccc1. The van der Waals surface area contributed by atoms with Crippen LogP contribution in [-0.2, 0) is 11.2 Å². The molecule has 0 spiro atoms. The van der Waals surface area contributed by atoms with Crippen molar-refractivity contribution < 1.29 is 14.6 Å². The lowest BCUT2D eigenvalue weighted by Crippen LogP contribution is -2.40. The molecule has 0 aliphatic heterocycles. The third kappa shape index (κ3) is 4.37. The first-order chi connectivity index (χ1) is 8.45. The van der Waals surface area contributed by atoms with Gasteiger partial charge in [-0.2, -0.15) is 0 Å². The minimum absolute atomic E-state index is 0.0254. The highest BCUT2D eigenvalue weighted by atomic mass is 16.6. The van der Waals surface area contributed by atoms with Crippen LogP contribution in [0, 0.1) is 5.92 Å². The Hall–Kier alpha value is -1.55. The van der Waals surface area contributed by atoms with Crippen molar-refractivity contribution in [2.24, 2.45) is 11.7 Å². The fourth-order valence-electron chi connectivity index (χ4n) is 2.09. The normalized spacial score (nSPS) is 13.1. The maximum Gasteiger partial charge on any atom is 0.405 e. The Labute approximate surface area is 108 Å². The predicted octanol–water partition coefficient (Wildman–Crippen LogP) is 2.10. The molecule has 1 amide bonds. The summed E-state index contributed by atoms with van der Waals surface area (Å²) in [6.07, 6.45) is 0.521. The molecule has 0 radical (unpaired) electrons. The van der Waals surface area contributed by atoms with Crippen LogP contribution >= 0.6 is 0 Å². The lowest BCUT2D eigenvalue weighted by molar-refractivity contribution is -0.00947. The summed E-state index contributed by atoms with van der Waals surface area (Å²) in [5.74, 6) is 0.0254. The minimum Gasteiger partial charge on any atom is -0.443 e. The Bertz CT molecular complexity index is 376. The van der Waals surface area contributed by atoms with E-state index in [0.29, 0.717) is 6.42 Å². The smallest absolute Gasteiger partial charge is 0.405 e. The van der Waals surface area contributed by atoms with Crippen molar-refractivity contribution in [3.8, 4) is 0 Å². The van der Waals surface area contributed by atoms with E-state index in [1.54, 1.807) is 0 Å². The average Bonchev–Trinajstić information content (AvgIpc) is 2.28. The molecule has 0 aromatic heterocycles. The van der Waals surface area contributed by atoms with Gasteiger partial charge in [0.15, 0.2) is 0 Å². The van der Waals surface area contributed by atoms with E-state index in [0.717, 1.165) is 12.0 Å². The first kappa shape index (κ1) is 14.5. The number of ether oxygens (including phenoxy) is 1. The Balaban J connectivity index is 2.78. The molecule has 1 atom stereocenters. The topological polar surface area (TPSA) is 72.5 Å². The number of carbonyl (C=O) groups is 1. The number of hydrogen-bond donors (Lipinski definition) is 2. The molecule has 0 aliphatic rings.